The first-order valence-corrected chi connectivity index (χ1v) is 11.8. The zero-order chi connectivity index (χ0) is 30.6. The van der Waals surface area contributed by atoms with Crippen molar-refractivity contribution in [1.82, 2.24) is 35.5 Å². The SMILES string of the molecule is [2H]C([2H])([2H])NC(=O)c1nnc(NC(=O)C2CC2)cc1Nc1ncc(OCC(F)(F)F)c2c1N(C)[C@@H](C)c1nn(C)nc1-2. The maximum atomic E-state index is 13.1. The fourth-order valence-electron chi connectivity index (χ4n) is 4.15. The number of nitrogens with one attached hydrogen (secondary N) is 3. The lowest BCUT2D eigenvalue weighted by Crippen LogP contribution is -2.29. The molecule has 0 unspecified atom stereocenters. The molecule has 0 bridgehead atoms. The van der Waals surface area contributed by atoms with Crippen LogP contribution in [0.4, 0.5) is 36.2 Å². The van der Waals surface area contributed by atoms with E-state index < -0.39 is 37.4 Å². The molecule has 1 aliphatic carbocycles. The second kappa shape index (κ2) is 9.67. The Morgan fingerprint density at radius 2 is 2.00 bits per heavy atom. The number of hydrogen-bond acceptors (Lipinski definition) is 10. The van der Waals surface area contributed by atoms with Crippen LogP contribution in [-0.4, -0.2) is 68.8 Å². The van der Waals surface area contributed by atoms with E-state index in [0.717, 1.165) is 19.0 Å². The summed E-state index contributed by atoms with van der Waals surface area (Å²) in [5, 5.41) is 23.8. The third kappa shape index (κ3) is 5.13. The van der Waals surface area contributed by atoms with E-state index in [4.69, 9.17) is 8.85 Å². The quantitative estimate of drug-likeness (QED) is 0.401. The molecule has 0 saturated heterocycles. The largest absolute Gasteiger partial charge is 0.482 e. The number of carbonyl (C=O) groups is 2. The number of alkyl halides is 3. The predicted molar refractivity (Wildman–Crippen MR) is 133 cm³/mol. The van der Waals surface area contributed by atoms with E-state index in [-0.39, 0.29) is 51.8 Å². The van der Waals surface area contributed by atoms with Crippen molar-refractivity contribution in [2.24, 2.45) is 13.0 Å². The summed E-state index contributed by atoms with van der Waals surface area (Å²) in [7, 11) is 3.23. The molecular formula is C23H25F3N10O3. The van der Waals surface area contributed by atoms with Crippen molar-refractivity contribution < 1.29 is 31.6 Å². The van der Waals surface area contributed by atoms with Gasteiger partial charge in [0.15, 0.2) is 23.9 Å². The molecule has 0 aromatic carbocycles. The summed E-state index contributed by atoms with van der Waals surface area (Å²) in [6.45, 7) is -2.62. The number of ether oxygens (including phenoxy) is 1. The van der Waals surface area contributed by atoms with Gasteiger partial charge in [0.2, 0.25) is 5.91 Å². The van der Waals surface area contributed by atoms with E-state index in [1.807, 2.05) is 5.32 Å². The monoisotopic (exact) mass is 549 g/mol. The summed E-state index contributed by atoms with van der Waals surface area (Å²) in [4.78, 5) is 32.4. The Labute approximate surface area is 224 Å². The minimum absolute atomic E-state index is 0.0169. The van der Waals surface area contributed by atoms with Gasteiger partial charge in [0, 0.05) is 37.2 Å². The van der Waals surface area contributed by atoms with Crippen LogP contribution in [0.5, 0.6) is 5.75 Å². The number of fused-ring (bicyclic) bond motifs is 3. The highest BCUT2D eigenvalue weighted by Crippen LogP contribution is 2.50. The van der Waals surface area contributed by atoms with Gasteiger partial charge < -0.3 is 25.6 Å². The van der Waals surface area contributed by atoms with Crippen LogP contribution in [0.1, 0.15) is 46.1 Å². The Kier molecular flexibility index (Phi) is 5.57. The van der Waals surface area contributed by atoms with Crippen LogP contribution in [-0.2, 0) is 11.8 Å². The Hall–Kier alpha value is -4.50. The molecule has 3 N–H and O–H groups in total. The highest BCUT2D eigenvalue weighted by Gasteiger charge is 2.37. The second-order valence-electron chi connectivity index (χ2n) is 9.14. The van der Waals surface area contributed by atoms with Crippen molar-refractivity contribution >= 4 is 34.8 Å². The van der Waals surface area contributed by atoms with E-state index in [0.29, 0.717) is 5.69 Å². The predicted octanol–water partition coefficient (Wildman–Crippen LogP) is 2.57. The lowest BCUT2D eigenvalue weighted by Gasteiger charge is -2.34. The number of hydrogen-bond donors (Lipinski definition) is 3. The Morgan fingerprint density at radius 3 is 2.69 bits per heavy atom. The Balaban J connectivity index is 1.62. The van der Waals surface area contributed by atoms with E-state index in [9.17, 15) is 22.8 Å². The van der Waals surface area contributed by atoms with Gasteiger partial charge in [-0.05, 0) is 19.8 Å². The molecule has 3 aromatic heterocycles. The van der Waals surface area contributed by atoms with Gasteiger partial charge >= 0.3 is 6.18 Å². The first-order valence-electron chi connectivity index (χ1n) is 13.3. The molecule has 4 heterocycles. The maximum absolute atomic E-state index is 13.1. The normalized spacial score (nSPS) is 17.7. The molecule has 1 aliphatic heterocycles. The molecular weight excluding hydrogens is 521 g/mol. The lowest BCUT2D eigenvalue weighted by molar-refractivity contribution is -0.153. The zero-order valence-electron chi connectivity index (χ0n) is 23.9. The lowest BCUT2D eigenvalue weighted by atomic mass is 9.97. The highest BCUT2D eigenvalue weighted by molar-refractivity contribution is 6.01. The van der Waals surface area contributed by atoms with E-state index >= 15 is 0 Å². The van der Waals surface area contributed by atoms with Crippen LogP contribution < -0.4 is 25.6 Å². The summed E-state index contributed by atoms with van der Waals surface area (Å²) >= 11 is 0. The summed E-state index contributed by atoms with van der Waals surface area (Å²) in [6, 6.07) is 0.868. The molecule has 39 heavy (non-hydrogen) atoms. The summed E-state index contributed by atoms with van der Waals surface area (Å²) in [6.07, 6.45) is -2.12. The van der Waals surface area contributed by atoms with Crippen LogP contribution >= 0.6 is 0 Å². The molecule has 206 valence electrons. The zero-order valence-corrected chi connectivity index (χ0v) is 20.9. The minimum Gasteiger partial charge on any atom is -0.482 e. The van der Waals surface area contributed by atoms with Gasteiger partial charge in [-0.1, -0.05) is 0 Å². The van der Waals surface area contributed by atoms with Gasteiger partial charge in [-0.3, -0.25) is 9.59 Å². The van der Waals surface area contributed by atoms with Crippen LogP contribution in [0, 0.1) is 5.92 Å². The summed E-state index contributed by atoms with van der Waals surface area (Å²) < 4.78 is 66.5. The maximum Gasteiger partial charge on any atom is 0.422 e. The number of anilines is 4. The standard InChI is InChI=1S/C23H25F3N10O3/c1-10-16-18(34-36(4)33-16)15-13(39-9-23(24,25)26)8-28-20(19(15)35(10)3)29-12-7-14(30-21(37)11-5-6-11)31-32-17(12)22(38)27-2/h7-8,10-11H,5-6,9H2,1-4H3,(H,27,38)(H2,28,29,30,31,37)/t10-/m0/s1/i2D3. The Morgan fingerprint density at radius 1 is 1.23 bits per heavy atom. The Bertz CT molecular complexity index is 1560. The number of carbonyl (C=O) groups excluding carboxylic acids is 2. The molecule has 3 aromatic rings. The van der Waals surface area contributed by atoms with Crippen molar-refractivity contribution in [3.05, 3.63) is 23.7 Å². The minimum atomic E-state index is -4.63. The van der Waals surface area contributed by atoms with Crippen LogP contribution in [0.2, 0.25) is 0 Å². The van der Waals surface area contributed by atoms with E-state index in [2.05, 4.69) is 36.0 Å². The smallest absolute Gasteiger partial charge is 0.422 e. The van der Waals surface area contributed by atoms with Crippen LogP contribution in [0.25, 0.3) is 11.3 Å². The number of aryl methyl sites for hydroxylation is 1. The van der Waals surface area contributed by atoms with Crippen LogP contribution in [0.15, 0.2) is 12.3 Å². The molecule has 0 radical (unpaired) electrons. The highest BCUT2D eigenvalue weighted by atomic mass is 19.4. The van der Waals surface area contributed by atoms with E-state index in [1.165, 1.54) is 10.9 Å². The number of rotatable bonds is 7. The van der Waals surface area contributed by atoms with Crippen molar-refractivity contribution in [2.45, 2.75) is 32.0 Å². The fourth-order valence-corrected chi connectivity index (χ4v) is 4.15. The van der Waals surface area contributed by atoms with Gasteiger partial charge in [0.05, 0.1) is 29.2 Å². The summed E-state index contributed by atoms with van der Waals surface area (Å²) in [5.74, 6) is -1.74. The third-order valence-corrected chi connectivity index (χ3v) is 6.29. The number of pyridine rings is 1. The molecule has 1 atom stereocenters. The van der Waals surface area contributed by atoms with Crippen molar-refractivity contribution in [3.63, 3.8) is 0 Å². The molecule has 0 spiro atoms. The molecule has 2 aliphatic rings. The van der Waals surface area contributed by atoms with Crippen molar-refractivity contribution in [3.8, 4) is 17.0 Å². The molecule has 2 amide bonds. The number of halogens is 3. The third-order valence-electron chi connectivity index (χ3n) is 6.29. The topological polar surface area (TPSA) is 152 Å². The van der Waals surface area contributed by atoms with Gasteiger partial charge in [0.25, 0.3) is 5.91 Å². The molecule has 1 saturated carbocycles. The van der Waals surface area contributed by atoms with Gasteiger partial charge in [-0.15, -0.1) is 10.2 Å². The molecule has 5 rings (SSSR count). The van der Waals surface area contributed by atoms with E-state index in [1.54, 1.807) is 25.9 Å². The average Bonchev–Trinajstić information content (AvgIpc) is 3.66. The first-order chi connectivity index (χ1) is 19.6. The number of aromatic nitrogens is 6. The average molecular weight is 550 g/mol. The van der Waals surface area contributed by atoms with Gasteiger partial charge in [0.1, 0.15) is 17.1 Å². The first kappa shape index (κ1) is 22.5. The molecule has 1 fully saturated rings. The van der Waals surface area contributed by atoms with Crippen molar-refractivity contribution in [1.29, 1.82) is 0 Å². The number of nitrogens with zero attached hydrogens (tertiary/aromatic N) is 7. The van der Waals surface area contributed by atoms with Gasteiger partial charge in [-0.2, -0.15) is 28.2 Å². The fraction of sp³-hybridized carbons (Fsp3) is 0.435. The van der Waals surface area contributed by atoms with Gasteiger partial charge in [-0.25, -0.2) is 4.98 Å². The summed E-state index contributed by atoms with van der Waals surface area (Å²) in [5.41, 5.74) is 0.662. The van der Waals surface area contributed by atoms with Crippen LogP contribution in [0.3, 0.4) is 0 Å². The molecule has 13 nitrogen and oxygen atoms in total. The number of amides is 2. The second-order valence-corrected chi connectivity index (χ2v) is 9.14. The molecule has 16 heteroatoms. The van der Waals surface area contributed by atoms with Crippen molar-refractivity contribution in [2.75, 3.05) is 36.2 Å².